The number of nitrogens with one attached hydrogen (secondary N) is 1. The number of aryl methyl sites for hydroxylation is 1. The van der Waals surface area contributed by atoms with Gasteiger partial charge in [0.15, 0.2) is 5.78 Å². The number of rotatable bonds is 6. The van der Waals surface area contributed by atoms with Crippen LogP contribution in [-0.2, 0) is 11.2 Å². The fourth-order valence-corrected chi connectivity index (χ4v) is 2.74. The van der Waals surface area contributed by atoms with Crippen molar-refractivity contribution < 1.29 is 9.59 Å². The number of thiophene rings is 1. The van der Waals surface area contributed by atoms with Crippen molar-refractivity contribution in [3.63, 3.8) is 0 Å². The largest absolute Gasteiger partial charge is 0.325 e. The Morgan fingerprint density at radius 2 is 1.95 bits per heavy atom. The van der Waals surface area contributed by atoms with Crippen LogP contribution in [0, 0.1) is 0 Å². The molecule has 3 nitrogen and oxygen atoms in total. The first-order chi connectivity index (χ1) is 9.66. The van der Waals surface area contributed by atoms with Crippen LogP contribution in [-0.4, -0.2) is 11.7 Å². The SMILES string of the molecule is CC(=O)c1ccccc1NC(=O)CCCc1cccs1. The van der Waals surface area contributed by atoms with Gasteiger partial charge in [-0.25, -0.2) is 0 Å². The lowest BCUT2D eigenvalue weighted by Gasteiger charge is -2.08. The van der Waals surface area contributed by atoms with Gasteiger partial charge in [-0.05, 0) is 43.3 Å². The molecule has 0 aliphatic carbocycles. The summed E-state index contributed by atoms with van der Waals surface area (Å²) in [7, 11) is 0. The molecule has 1 N–H and O–H groups in total. The van der Waals surface area contributed by atoms with Gasteiger partial charge in [0.05, 0.1) is 5.69 Å². The van der Waals surface area contributed by atoms with Crippen molar-refractivity contribution in [3.8, 4) is 0 Å². The molecular weight excluding hydrogens is 270 g/mol. The number of hydrogen-bond donors (Lipinski definition) is 1. The first-order valence-electron chi connectivity index (χ1n) is 6.59. The van der Waals surface area contributed by atoms with Gasteiger partial charge < -0.3 is 5.32 Å². The van der Waals surface area contributed by atoms with Crippen LogP contribution in [0.25, 0.3) is 0 Å². The van der Waals surface area contributed by atoms with Crippen LogP contribution in [0.5, 0.6) is 0 Å². The molecule has 1 heterocycles. The van der Waals surface area contributed by atoms with E-state index >= 15 is 0 Å². The highest BCUT2D eigenvalue weighted by atomic mass is 32.1. The summed E-state index contributed by atoms with van der Waals surface area (Å²) in [5.74, 6) is -0.0882. The fraction of sp³-hybridized carbons (Fsp3) is 0.250. The van der Waals surface area contributed by atoms with Gasteiger partial charge in [-0.1, -0.05) is 18.2 Å². The minimum Gasteiger partial charge on any atom is -0.325 e. The van der Waals surface area contributed by atoms with Gasteiger partial charge in [-0.2, -0.15) is 0 Å². The normalized spacial score (nSPS) is 10.2. The predicted octanol–water partition coefficient (Wildman–Crippen LogP) is 3.91. The Hall–Kier alpha value is -1.94. The molecule has 1 amide bonds. The molecule has 0 radical (unpaired) electrons. The van der Waals surface area contributed by atoms with Crippen molar-refractivity contribution in [1.82, 2.24) is 0 Å². The zero-order valence-corrected chi connectivity index (χ0v) is 12.2. The third-order valence-electron chi connectivity index (χ3n) is 2.99. The van der Waals surface area contributed by atoms with E-state index in [9.17, 15) is 9.59 Å². The Labute approximate surface area is 122 Å². The highest BCUT2D eigenvalue weighted by Crippen LogP contribution is 2.17. The number of carbonyl (C=O) groups excluding carboxylic acids is 2. The molecule has 2 aromatic rings. The highest BCUT2D eigenvalue weighted by Gasteiger charge is 2.09. The van der Waals surface area contributed by atoms with E-state index in [2.05, 4.69) is 11.4 Å². The average Bonchev–Trinajstić information content (AvgIpc) is 2.92. The summed E-state index contributed by atoms with van der Waals surface area (Å²) in [6.07, 6.45) is 2.19. The van der Waals surface area contributed by atoms with Gasteiger partial charge in [0.2, 0.25) is 5.91 Å². The molecule has 0 fully saturated rings. The smallest absolute Gasteiger partial charge is 0.224 e. The van der Waals surface area contributed by atoms with Gasteiger partial charge >= 0.3 is 0 Å². The second kappa shape index (κ2) is 7.01. The first-order valence-corrected chi connectivity index (χ1v) is 7.47. The lowest BCUT2D eigenvalue weighted by atomic mass is 10.1. The summed E-state index contributed by atoms with van der Waals surface area (Å²) >= 11 is 1.71. The van der Waals surface area contributed by atoms with Gasteiger partial charge in [0.25, 0.3) is 0 Å². The summed E-state index contributed by atoms with van der Waals surface area (Å²) < 4.78 is 0. The quantitative estimate of drug-likeness (QED) is 0.819. The Morgan fingerprint density at radius 1 is 1.15 bits per heavy atom. The first kappa shape index (κ1) is 14.5. The zero-order chi connectivity index (χ0) is 14.4. The maximum atomic E-state index is 11.9. The number of benzene rings is 1. The molecule has 0 aliphatic rings. The number of amides is 1. The third kappa shape index (κ3) is 4.03. The number of para-hydroxylation sites is 1. The van der Waals surface area contributed by atoms with E-state index in [0.717, 1.165) is 12.8 Å². The lowest BCUT2D eigenvalue weighted by Crippen LogP contribution is -2.13. The lowest BCUT2D eigenvalue weighted by molar-refractivity contribution is -0.116. The molecule has 0 bridgehead atoms. The number of hydrogen-bond acceptors (Lipinski definition) is 3. The Bertz CT molecular complexity index is 590. The van der Waals surface area contributed by atoms with E-state index in [1.165, 1.54) is 11.8 Å². The van der Waals surface area contributed by atoms with Crippen molar-refractivity contribution in [2.75, 3.05) is 5.32 Å². The maximum absolute atomic E-state index is 11.9. The molecule has 4 heteroatoms. The summed E-state index contributed by atoms with van der Waals surface area (Å²) in [6.45, 7) is 1.50. The van der Waals surface area contributed by atoms with E-state index in [0.29, 0.717) is 17.7 Å². The number of anilines is 1. The molecule has 2 rings (SSSR count). The Kier molecular flexibility index (Phi) is 5.07. The van der Waals surface area contributed by atoms with Crippen molar-refractivity contribution >= 4 is 28.7 Å². The molecule has 0 unspecified atom stereocenters. The molecule has 0 saturated heterocycles. The molecule has 0 atom stereocenters. The molecule has 104 valence electrons. The van der Waals surface area contributed by atoms with Crippen LogP contribution in [0.1, 0.15) is 35.0 Å². The number of carbonyl (C=O) groups is 2. The average molecular weight is 287 g/mol. The van der Waals surface area contributed by atoms with Crippen LogP contribution in [0.15, 0.2) is 41.8 Å². The van der Waals surface area contributed by atoms with Crippen LogP contribution >= 0.6 is 11.3 Å². The summed E-state index contributed by atoms with van der Waals surface area (Å²) in [5.41, 5.74) is 1.15. The number of Topliss-reactive ketones (excluding diaryl/α,β-unsaturated/α-hetero) is 1. The standard InChI is InChI=1S/C16H17NO2S/c1-12(18)14-8-2-3-9-15(14)17-16(19)10-4-6-13-7-5-11-20-13/h2-3,5,7-9,11H,4,6,10H2,1H3,(H,17,19). The van der Waals surface area contributed by atoms with Crippen LogP contribution < -0.4 is 5.32 Å². The second-order valence-electron chi connectivity index (χ2n) is 4.58. The molecule has 0 spiro atoms. The molecule has 1 aromatic carbocycles. The topological polar surface area (TPSA) is 46.2 Å². The van der Waals surface area contributed by atoms with Crippen molar-refractivity contribution in [2.24, 2.45) is 0 Å². The van der Waals surface area contributed by atoms with E-state index in [-0.39, 0.29) is 11.7 Å². The van der Waals surface area contributed by atoms with Gasteiger partial charge in [0, 0.05) is 16.9 Å². The van der Waals surface area contributed by atoms with Gasteiger partial charge in [-0.15, -0.1) is 11.3 Å². The minimum atomic E-state index is -0.0461. The zero-order valence-electron chi connectivity index (χ0n) is 11.4. The van der Waals surface area contributed by atoms with Crippen molar-refractivity contribution in [3.05, 3.63) is 52.2 Å². The van der Waals surface area contributed by atoms with Crippen molar-refractivity contribution in [1.29, 1.82) is 0 Å². The second-order valence-corrected chi connectivity index (χ2v) is 5.62. The molecule has 0 saturated carbocycles. The molecule has 1 aromatic heterocycles. The summed E-state index contributed by atoms with van der Waals surface area (Å²) in [4.78, 5) is 24.7. The van der Waals surface area contributed by atoms with E-state index in [1.54, 1.807) is 29.5 Å². The van der Waals surface area contributed by atoms with Crippen molar-refractivity contribution in [2.45, 2.75) is 26.2 Å². The van der Waals surface area contributed by atoms with E-state index < -0.39 is 0 Å². The molecule has 20 heavy (non-hydrogen) atoms. The monoisotopic (exact) mass is 287 g/mol. The van der Waals surface area contributed by atoms with E-state index in [4.69, 9.17) is 0 Å². The predicted molar refractivity (Wildman–Crippen MR) is 82.3 cm³/mol. The van der Waals surface area contributed by atoms with Crippen LogP contribution in [0.4, 0.5) is 5.69 Å². The van der Waals surface area contributed by atoms with Crippen LogP contribution in [0.3, 0.4) is 0 Å². The van der Waals surface area contributed by atoms with Gasteiger partial charge in [0.1, 0.15) is 0 Å². The highest BCUT2D eigenvalue weighted by molar-refractivity contribution is 7.09. The summed E-state index contributed by atoms with van der Waals surface area (Å²) in [5, 5.41) is 4.86. The van der Waals surface area contributed by atoms with Crippen LogP contribution in [0.2, 0.25) is 0 Å². The van der Waals surface area contributed by atoms with E-state index in [1.807, 2.05) is 17.5 Å². The Balaban J connectivity index is 1.87. The van der Waals surface area contributed by atoms with Gasteiger partial charge in [-0.3, -0.25) is 9.59 Å². The summed E-state index contributed by atoms with van der Waals surface area (Å²) in [6, 6.07) is 11.2. The fourth-order valence-electron chi connectivity index (χ4n) is 1.99. The minimum absolute atomic E-state index is 0.0421. The molecule has 0 aliphatic heterocycles. The Morgan fingerprint density at radius 3 is 2.65 bits per heavy atom. The maximum Gasteiger partial charge on any atom is 0.224 e. The number of ketones is 1. The third-order valence-corrected chi connectivity index (χ3v) is 3.92. The molecular formula is C16H17NO2S.